The summed E-state index contributed by atoms with van der Waals surface area (Å²) in [5, 5.41) is 0. The second-order valence-corrected chi connectivity index (χ2v) is 7.31. The molecule has 2 nitrogen and oxygen atoms in total. The predicted octanol–water partition coefficient (Wildman–Crippen LogP) is 2.39. The first-order valence-electron chi connectivity index (χ1n) is 5.05. The predicted molar refractivity (Wildman–Crippen MR) is 55.5 cm³/mol. The lowest BCUT2D eigenvalue weighted by atomic mass is 9.81. The fraction of sp³-hybridized carbons (Fsp3) is 1.00. The number of rotatable bonds is 2. The highest BCUT2D eigenvalue weighted by Gasteiger charge is 2.38. The zero-order valence-corrected chi connectivity index (χ0v) is 9.65. The first-order valence-corrected chi connectivity index (χ1v) is 6.94. The van der Waals surface area contributed by atoms with E-state index in [1.54, 1.807) is 0 Å². The first-order chi connectivity index (χ1) is 5.86. The van der Waals surface area contributed by atoms with Crippen LogP contribution in [0.3, 0.4) is 0 Å². The van der Waals surface area contributed by atoms with Gasteiger partial charge in [0.15, 0.2) is 9.84 Å². The molecule has 1 fully saturated rings. The first kappa shape index (κ1) is 11.0. The number of hydrogen-bond acceptors (Lipinski definition) is 2. The van der Waals surface area contributed by atoms with Crippen molar-refractivity contribution in [1.82, 2.24) is 0 Å². The van der Waals surface area contributed by atoms with Gasteiger partial charge in [0.25, 0.3) is 0 Å². The smallest absolute Gasteiger partial charge is 0.152 e. The molecular weight excluding hydrogens is 184 g/mol. The Labute approximate surface area is 81.6 Å². The molecule has 0 aliphatic heterocycles. The van der Waals surface area contributed by atoms with Gasteiger partial charge in [0.05, 0.1) is 4.75 Å². The second kappa shape index (κ2) is 3.60. The minimum Gasteiger partial charge on any atom is -0.229 e. The summed E-state index contributed by atoms with van der Waals surface area (Å²) in [7, 11) is -2.90. The van der Waals surface area contributed by atoms with Crippen molar-refractivity contribution in [3.05, 3.63) is 0 Å². The van der Waals surface area contributed by atoms with Crippen LogP contribution in [0.1, 0.15) is 46.0 Å². The molecule has 0 heterocycles. The van der Waals surface area contributed by atoms with Crippen LogP contribution in [0, 0.1) is 5.92 Å². The van der Waals surface area contributed by atoms with E-state index in [1.807, 2.05) is 13.8 Å². The molecule has 0 saturated heterocycles. The standard InChI is InChI=1S/C10H20O2S/c1-10(2,13(3,11)12)9-7-5-4-6-8-9/h9H,4-8H2,1-3H3. The molecule has 13 heavy (non-hydrogen) atoms. The van der Waals surface area contributed by atoms with E-state index >= 15 is 0 Å². The zero-order chi connectivity index (χ0) is 10.1. The van der Waals surface area contributed by atoms with E-state index in [-0.39, 0.29) is 0 Å². The molecule has 0 atom stereocenters. The van der Waals surface area contributed by atoms with Crippen molar-refractivity contribution >= 4 is 9.84 Å². The number of hydrogen-bond donors (Lipinski definition) is 0. The van der Waals surface area contributed by atoms with Crippen LogP contribution in [0.25, 0.3) is 0 Å². The molecule has 0 amide bonds. The van der Waals surface area contributed by atoms with Crippen molar-refractivity contribution in [1.29, 1.82) is 0 Å². The van der Waals surface area contributed by atoms with Crippen molar-refractivity contribution in [2.24, 2.45) is 5.92 Å². The third-order valence-corrected chi connectivity index (χ3v) is 5.79. The average Bonchev–Trinajstić information content (AvgIpc) is 2.04. The molecule has 0 aromatic carbocycles. The molecule has 1 saturated carbocycles. The fourth-order valence-electron chi connectivity index (χ4n) is 2.10. The molecule has 1 rings (SSSR count). The summed E-state index contributed by atoms with van der Waals surface area (Å²) in [6.07, 6.45) is 7.20. The van der Waals surface area contributed by atoms with Crippen LogP contribution in [0.5, 0.6) is 0 Å². The van der Waals surface area contributed by atoms with Gasteiger partial charge < -0.3 is 0 Å². The highest BCUT2D eigenvalue weighted by atomic mass is 32.2. The van der Waals surface area contributed by atoms with Gasteiger partial charge in [0.1, 0.15) is 0 Å². The summed E-state index contributed by atoms with van der Waals surface area (Å²) in [6.45, 7) is 3.75. The molecule has 0 spiro atoms. The second-order valence-electron chi connectivity index (χ2n) is 4.71. The van der Waals surface area contributed by atoms with Gasteiger partial charge in [-0.05, 0) is 32.6 Å². The maximum Gasteiger partial charge on any atom is 0.152 e. The normalized spacial score (nSPS) is 21.8. The Bertz CT molecular complexity index is 259. The number of sulfone groups is 1. The third kappa shape index (κ3) is 2.25. The molecule has 0 aromatic rings. The van der Waals surface area contributed by atoms with Crippen molar-refractivity contribution in [3.8, 4) is 0 Å². The highest BCUT2D eigenvalue weighted by Crippen LogP contribution is 2.36. The summed E-state index contributed by atoms with van der Waals surface area (Å²) in [4.78, 5) is 0. The van der Waals surface area contributed by atoms with Crippen LogP contribution < -0.4 is 0 Å². The molecule has 0 bridgehead atoms. The summed E-state index contributed by atoms with van der Waals surface area (Å²) < 4.78 is 22.6. The monoisotopic (exact) mass is 204 g/mol. The van der Waals surface area contributed by atoms with Crippen LogP contribution in [0.2, 0.25) is 0 Å². The molecule has 1 aliphatic carbocycles. The highest BCUT2D eigenvalue weighted by molar-refractivity contribution is 7.92. The molecular formula is C10H20O2S. The Morgan fingerprint density at radius 2 is 1.54 bits per heavy atom. The van der Waals surface area contributed by atoms with Crippen LogP contribution in [-0.2, 0) is 9.84 Å². The Kier molecular flexibility index (Phi) is 3.05. The minimum atomic E-state index is -2.90. The largest absolute Gasteiger partial charge is 0.229 e. The van der Waals surface area contributed by atoms with E-state index in [1.165, 1.54) is 25.5 Å². The SMILES string of the molecule is CC(C)(C1CCCCC1)S(C)(=O)=O. The summed E-state index contributed by atoms with van der Waals surface area (Å²) in [5.74, 6) is 0.372. The van der Waals surface area contributed by atoms with Gasteiger partial charge in [0, 0.05) is 6.26 Å². The van der Waals surface area contributed by atoms with Crippen molar-refractivity contribution in [2.75, 3.05) is 6.26 Å². The van der Waals surface area contributed by atoms with E-state index in [4.69, 9.17) is 0 Å². The van der Waals surface area contributed by atoms with E-state index in [0.29, 0.717) is 5.92 Å². The van der Waals surface area contributed by atoms with Crippen LogP contribution in [0.15, 0.2) is 0 Å². The van der Waals surface area contributed by atoms with Gasteiger partial charge >= 0.3 is 0 Å². The molecule has 0 radical (unpaired) electrons. The van der Waals surface area contributed by atoms with E-state index in [9.17, 15) is 8.42 Å². The van der Waals surface area contributed by atoms with Crippen LogP contribution in [0.4, 0.5) is 0 Å². The van der Waals surface area contributed by atoms with E-state index in [2.05, 4.69) is 0 Å². The third-order valence-electron chi connectivity index (χ3n) is 3.54. The molecule has 0 aromatic heterocycles. The maximum atomic E-state index is 11.6. The van der Waals surface area contributed by atoms with Crippen LogP contribution in [-0.4, -0.2) is 19.4 Å². The average molecular weight is 204 g/mol. The lowest BCUT2D eigenvalue weighted by Gasteiger charge is -2.35. The quantitative estimate of drug-likeness (QED) is 0.692. The zero-order valence-electron chi connectivity index (χ0n) is 8.84. The summed E-state index contributed by atoms with van der Waals surface area (Å²) >= 11 is 0. The van der Waals surface area contributed by atoms with Gasteiger partial charge in [-0.25, -0.2) is 8.42 Å². The summed E-state index contributed by atoms with van der Waals surface area (Å²) in [5.41, 5.74) is 0. The molecule has 0 N–H and O–H groups in total. The molecule has 3 heteroatoms. The van der Waals surface area contributed by atoms with E-state index in [0.717, 1.165) is 12.8 Å². The lowest BCUT2D eigenvalue weighted by molar-refractivity contribution is 0.293. The Hall–Kier alpha value is -0.0500. The van der Waals surface area contributed by atoms with Crippen molar-refractivity contribution in [3.63, 3.8) is 0 Å². The topological polar surface area (TPSA) is 34.1 Å². The van der Waals surface area contributed by atoms with Crippen LogP contribution >= 0.6 is 0 Å². The minimum absolute atomic E-state index is 0.372. The molecule has 1 aliphatic rings. The van der Waals surface area contributed by atoms with Crippen molar-refractivity contribution < 1.29 is 8.42 Å². The van der Waals surface area contributed by atoms with Gasteiger partial charge in [-0.15, -0.1) is 0 Å². The lowest BCUT2D eigenvalue weighted by Crippen LogP contribution is -2.40. The summed E-state index contributed by atoms with van der Waals surface area (Å²) in [6, 6.07) is 0. The van der Waals surface area contributed by atoms with Gasteiger partial charge in [-0.1, -0.05) is 19.3 Å². The Morgan fingerprint density at radius 3 is 1.92 bits per heavy atom. The fourth-order valence-corrected chi connectivity index (χ4v) is 2.94. The Balaban J connectivity index is 2.79. The molecule has 0 unspecified atom stereocenters. The Morgan fingerprint density at radius 1 is 1.08 bits per heavy atom. The van der Waals surface area contributed by atoms with Crippen molar-refractivity contribution in [2.45, 2.75) is 50.7 Å². The van der Waals surface area contributed by atoms with E-state index < -0.39 is 14.6 Å². The maximum absolute atomic E-state index is 11.6. The molecule has 78 valence electrons. The van der Waals surface area contributed by atoms with Gasteiger partial charge in [-0.2, -0.15) is 0 Å². The van der Waals surface area contributed by atoms with Gasteiger partial charge in [0.2, 0.25) is 0 Å². The van der Waals surface area contributed by atoms with Gasteiger partial charge in [-0.3, -0.25) is 0 Å².